The van der Waals surface area contributed by atoms with Crippen LogP contribution in [0.1, 0.15) is 31.2 Å². The summed E-state index contributed by atoms with van der Waals surface area (Å²) in [6, 6.07) is 13.7. The Hall–Kier alpha value is -2.51. The molecule has 27 heavy (non-hydrogen) atoms. The summed E-state index contributed by atoms with van der Waals surface area (Å²) in [5, 5.41) is 3.57. The van der Waals surface area contributed by atoms with E-state index in [-0.39, 0.29) is 24.8 Å². The quantitative estimate of drug-likeness (QED) is 0.770. The summed E-state index contributed by atoms with van der Waals surface area (Å²) in [6.45, 7) is 0.300. The average molecular weight is 386 g/mol. The van der Waals surface area contributed by atoms with E-state index in [9.17, 15) is 9.18 Å². The van der Waals surface area contributed by atoms with E-state index in [1.165, 1.54) is 6.07 Å². The molecule has 3 nitrogen and oxygen atoms in total. The average Bonchev–Trinajstić information content (AvgIpc) is 3.17. The van der Waals surface area contributed by atoms with E-state index in [1.54, 1.807) is 18.2 Å². The first-order valence-electron chi connectivity index (χ1n) is 8.99. The molecular weight excluding hydrogens is 365 g/mol. The smallest absolute Gasteiger partial charge is 0.231 e. The fraction of sp³-hybridized carbons (Fsp3) is 0.318. The van der Waals surface area contributed by atoms with Gasteiger partial charge in [0.25, 0.3) is 0 Å². The lowest BCUT2D eigenvalue weighted by Gasteiger charge is -2.28. The van der Waals surface area contributed by atoms with Crippen molar-refractivity contribution in [3.8, 4) is 17.6 Å². The van der Waals surface area contributed by atoms with Crippen LogP contribution in [-0.2, 0) is 10.2 Å². The second kappa shape index (κ2) is 8.92. The Morgan fingerprint density at radius 1 is 1.11 bits per heavy atom. The molecule has 140 valence electrons. The van der Waals surface area contributed by atoms with Crippen molar-refractivity contribution in [3.05, 3.63) is 64.9 Å². The minimum atomic E-state index is -0.504. The normalized spacial score (nSPS) is 14.9. The number of halogens is 2. The highest BCUT2D eigenvalue weighted by molar-refractivity contribution is 6.30. The summed E-state index contributed by atoms with van der Waals surface area (Å²) in [5.41, 5.74) is 0.494. The van der Waals surface area contributed by atoms with Gasteiger partial charge in [0.2, 0.25) is 5.91 Å². The van der Waals surface area contributed by atoms with Crippen LogP contribution in [0.3, 0.4) is 0 Å². The maximum absolute atomic E-state index is 13.4. The lowest BCUT2D eigenvalue weighted by molar-refractivity contribution is -0.126. The van der Waals surface area contributed by atoms with Crippen LogP contribution < -0.4 is 10.1 Å². The number of ether oxygens (including phenoxy) is 1. The van der Waals surface area contributed by atoms with Crippen LogP contribution in [0.5, 0.6) is 5.75 Å². The lowest BCUT2D eigenvalue weighted by Crippen LogP contribution is -2.42. The molecule has 2 aromatic carbocycles. The van der Waals surface area contributed by atoms with E-state index >= 15 is 0 Å². The number of amides is 1. The third kappa shape index (κ3) is 4.61. The topological polar surface area (TPSA) is 38.3 Å². The van der Waals surface area contributed by atoms with Gasteiger partial charge in [0.1, 0.15) is 6.61 Å². The van der Waals surface area contributed by atoms with Crippen molar-refractivity contribution in [2.45, 2.75) is 31.1 Å². The van der Waals surface area contributed by atoms with E-state index in [1.807, 2.05) is 24.3 Å². The Morgan fingerprint density at radius 2 is 1.81 bits per heavy atom. The fourth-order valence-electron chi connectivity index (χ4n) is 3.48. The van der Waals surface area contributed by atoms with Gasteiger partial charge >= 0.3 is 0 Å². The zero-order valence-electron chi connectivity index (χ0n) is 14.9. The molecule has 0 radical (unpaired) electrons. The number of benzene rings is 2. The maximum atomic E-state index is 13.4. The molecule has 0 unspecified atom stereocenters. The van der Waals surface area contributed by atoms with Gasteiger partial charge in [-0.15, -0.1) is 0 Å². The maximum Gasteiger partial charge on any atom is 0.231 e. The van der Waals surface area contributed by atoms with Crippen LogP contribution in [0, 0.1) is 17.7 Å². The molecule has 0 atom stereocenters. The minimum Gasteiger partial charge on any atom is -0.478 e. The molecule has 1 aliphatic carbocycles. The number of para-hydroxylation sites is 1. The molecule has 0 aliphatic heterocycles. The Bertz CT molecular complexity index is 849. The van der Waals surface area contributed by atoms with Crippen molar-refractivity contribution >= 4 is 17.5 Å². The third-order valence-corrected chi connectivity index (χ3v) is 5.14. The summed E-state index contributed by atoms with van der Waals surface area (Å²) in [4.78, 5) is 12.9. The molecule has 1 N–H and O–H groups in total. The number of carbonyl (C=O) groups excluding carboxylic acids is 1. The van der Waals surface area contributed by atoms with Crippen molar-refractivity contribution in [1.82, 2.24) is 5.32 Å². The number of rotatable bonds is 5. The molecule has 1 saturated carbocycles. The zero-order valence-corrected chi connectivity index (χ0v) is 15.7. The number of hydrogen-bond donors (Lipinski definition) is 1. The molecule has 0 aromatic heterocycles. The predicted octanol–water partition coefficient (Wildman–Crippen LogP) is 4.49. The monoisotopic (exact) mass is 385 g/mol. The molecule has 0 heterocycles. The molecule has 1 amide bonds. The number of hydrogen-bond acceptors (Lipinski definition) is 2. The standard InChI is InChI=1S/C22H21ClFNO2/c23-18-11-9-17(10-12-18)22(13-3-4-14-22)21(26)25-15-5-6-16-27-20-8-2-1-7-19(20)24/h1-2,7-12H,3-4,13-16H2,(H,25,26). The zero-order chi connectivity index (χ0) is 19.1. The molecule has 1 aliphatic rings. The van der Waals surface area contributed by atoms with Gasteiger partial charge in [-0.25, -0.2) is 4.39 Å². The van der Waals surface area contributed by atoms with Crippen LogP contribution >= 0.6 is 11.6 Å². The molecule has 5 heteroatoms. The summed E-state index contributed by atoms with van der Waals surface area (Å²) < 4.78 is 18.7. The number of nitrogens with one attached hydrogen (secondary N) is 1. The first-order chi connectivity index (χ1) is 13.1. The molecule has 0 spiro atoms. The SMILES string of the molecule is O=C(NCC#CCOc1ccccc1F)C1(c2ccc(Cl)cc2)CCCC1. The summed E-state index contributed by atoms with van der Waals surface area (Å²) >= 11 is 5.98. The van der Waals surface area contributed by atoms with Gasteiger partial charge in [-0.05, 0) is 42.7 Å². The van der Waals surface area contributed by atoms with Crippen molar-refractivity contribution < 1.29 is 13.9 Å². The van der Waals surface area contributed by atoms with Gasteiger partial charge in [-0.3, -0.25) is 4.79 Å². The molecule has 3 rings (SSSR count). The molecule has 1 fully saturated rings. The summed E-state index contributed by atoms with van der Waals surface area (Å²) in [5.74, 6) is 5.40. The van der Waals surface area contributed by atoms with Gasteiger partial charge in [-0.2, -0.15) is 0 Å². The Morgan fingerprint density at radius 3 is 2.52 bits per heavy atom. The van der Waals surface area contributed by atoms with Gasteiger partial charge in [-0.1, -0.05) is 60.5 Å². The molecule has 0 saturated heterocycles. The second-order valence-electron chi connectivity index (χ2n) is 6.55. The van der Waals surface area contributed by atoms with E-state index < -0.39 is 11.2 Å². The highest BCUT2D eigenvalue weighted by Gasteiger charge is 2.42. The highest BCUT2D eigenvalue weighted by atomic mass is 35.5. The van der Waals surface area contributed by atoms with E-state index in [0.717, 1.165) is 31.2 Å². The highest BCUT2D eigenvalue weighted by Crippen LogP contribution is 2.41. The Labute approximate surface area is 163 Å². The van der Waals surface area contributed by atoms with Gasteiger partial charge in [0.15, 0.2) is 11.6 Å². The number of carbonyl (C=O) groups is 1. The first-order valence-corrected chi connectivity index (χ1v) is 9.37. The van der Waals surface area contributed by atoms with Crippen LogP contribution in [-0.4, -0.2) is 19.1 Å². The van der Waals surface area contributed by atoms with Crippen LogP contribution in [0.2, 0.25) is 5.02 Å². The summed E-state index contributed by atoms with van der Waals surface area (Å²) in [6.07, 6.45) is 3.70. The van der Waals surface area contributed by atoms with E-state index in [4.69, 9.17) is 16.3 Å². The van der Waals surface area contributed by atoms with Gasteiger partial charge in [0, 0.05) is 5.02 Å². The summed E-state index contributed by atoms with van der Waals surface area (Å²) in [7, 11) is 0. The van der Waals surface area contributed by atoms with Crippen LogP contribution in [0.4, 0.5) is 4.39 Å². The fourth-order valence-corrected chi connectivity index (χ4v) is 3.60. The minimum absolute atomic E-state index is 0.00774. The van der Waals surface area contributed by atoms with Crippen molar-refractivity contribution in [3.63, 3.8) is 0 Å². The Kier molecular flexibility index (Phi) is 6.36. The van der Waals surface area contributed by atoms with Crippen LogP contribution in [0.15, 0.2) is 48.5 Å². The molecule has 0 bridgehead atoms. The van der Waals surface area contributed by atoms with Gasteiger partial charge < -0.3 is 10.1 Å². The Balaban J connectivity index is 1.55. The molecule has 2 aromatic rings. The second-order valence-corrected chi connectivity index (χ2v) is 6.99. The van der Waals surface area contributed by atoms with E-state index in [2.05, 4.69) is 17.2 Å². The van der Waals surface area contributed by atoms with Crippen LogP contribution in [0.25, 0.3) is 0 Å². The lowest BCUT2D eigenvalue weighted by atomic mass is 9.78. The van der Waals surface area contributed by atoms with Crippen molar-refractivity contribution in [1.29, 1.82) is 0 Å². The first kappa shape index (κ1) is 19.3. The van der Waals surface area contributed by atoms with Crippen molar-refractivity contribution in [2.75, 3.05) is 13.2 Å². The van der Waals surface area contributed by atoms with E-state index in [0.29, 0.717) is 5.02 Å². The molecular formula is C22H21ClFNO2. The van der Waals surface area contributed by atoms with Crippen molar-refractivity contribution in [2.24, 2.45) is 0 Å². The third-order valence-electron chi connectivity index (χ3n) is 4.89. The largest absolute Gasteiger partial charge is 0.478 e. The predicted molar refractivity (Wildman–Crippen MR) is 104 cm³/mol. The van der Waals surface area contributed by atoms with Gasteiger partial charge in [0.05, 0.1) is 12.0 Å².